The van der Waals surface area contributed by atoms with Crippen molar-refractivity contribution in [1.82, 2.24) is 4.98 Å². The molecule has 0 radical (unpaired) electrons. The summed E-state index contributed by atoms with van der Waals surface area (Å²) in [5.41, 5.74) is 6.92. The summed E-state index contributed by atoms with van der Waals surface area (Å²) in [6.45, 7) is 5.33. The van der Waals surface area contributed by atoms with Crippen molar-refractivity contribution in [2.45, 2.75) is 26.2 Å². The number of nitrogens with two attached hydrogens (primary N) is 1. The number of hydrogen-bond acceptors (Lipinski definition) is 6. The van der Waals surface area contributed by atoms with E-state index in [-0.39, 0.29) is 5.91 Å². The number of ether oxygens (including phenoxy) is 1. The lowest BCUT2D eigenvalue weighted by molar-refractivity contribution is -0.120. The van der Waals surface area contributed by atoms with Crippen molar-refractivity contribution in [2.75, 3.05) is 18.2 Å². The quantitative estimate of drug-likeness (QED) is 0.663. The summed E-state index contributed by atoms with van der Waals surface area (Å²) in [5.74, 6) is -0.675. The molecule has 23 heavy (non-hydrogen) atoms. The second-order valence-electron chi connectivity index (χ2n) is 5.63. The van der Waals surface area contributed by atoms with E-state index < -0.39 is 11.4 Å². The number of nitrogens with one attached hydrogen (secondary N) is 1. The molecular formula is C16H19N3O3S. The summed E-state index contributed by atoms with van der Waals surface area (Å²) in [6, 6.07) is 7.16. The number of anilines is 2. The van der Waals surface area contributed by atoms with Crippen molar-refractivity contribution in [3.05, 3.63) is 40.4 Å². The summed E-state index contributed by atoms with van der Waals surface area (Å²) < 4.78 is 4.69. The van der Waals surface area contributed by atoms with Crippen LogP contribution in [-0.2, 0) is 14.9 Å². The van der Waals surface area contributed by atoms with Crippen LogP contribution in [0, 0.1) is 6.92 Å². The smallest absolute Gasteiger partial charge is 0.350 e. The van der Waals surface area contributed by atoms with E-state index in [0.29, 0.717) is 21.4 Å². The number of carbonyl (C=O) groups is 2. The molecule has 1 heterocycles. The maximum absolute atomic E-state index is 12.6. The number of hydrogen-bond donors (Lipinski definition) is 2. The number of rotatable bonds is 4. The van der Waals surface area contributed by atoms with Crippen LogP contribution in [0.3, 0.4) is 0 Å². The Hall–Kier alpha value is -2.41. The molecule has 1 amide bonds. The minimum absolute atomic E-state index is 0.215. The second kappa shape index (κ2) is 6.37. The van der Waals surface area contributed by atoms with Crippen LogP contribution in [0.25, 0.3) is 0 Å². The minimum atomic E-state index is -0.765. The van der Waals surface area contributed by atoms with Gasteiger partial charge in [0.25, 0.3) is 0 Å². The Morgan fingerprint density at radius 2 is 1.87 bits per heavy atom. The van der Waals surface area contributed by atoms with E-state index in [1.807, 2.05) is 26.0 Å². The molecule has 1 aromatic heterocycles. The molecule has 3 N–H and O–H groups in total. The molecule has 2 aromatic rings. The lowest BCUT2D eigenvalue weighted by atomic mass is 9.83. The number of esters is 1. The molecule has 0 aliphatic heterocycles. The summed E-state index contributed by atoms with van der Waals surface area (Å²) in [5, 5.41) is 3.14. The maximum atomic E-state index is 12.6. The van der Waals surface area contributed by atoms with Crippen LogP contribution in [-0.4, -0.2) is 24.0 Å². The van der Waals surface area contributed by atoms with Crippen molar-refractivity contribution in [2.24, 2.45) is 0 Å². The third kappa shape index (κ3) is 3.50. The highest BCUT2D eigenvalue weighted by atomic mass is 32.1. The van der Waals surface area contributed by atoms with Gasteiger partial charge in [-0.25, -0.2) is 9.78 Å². The van der Waals surface area contributed by atoms with Gasteiger partial charge in [0, 0.05) is 5.69 Å². The predicted octanol–water partition coefficient (Wildman–Crippen LogP) is 2.74. The first-order valence-electron chi connectivity index (χ1n) is 6.99. The van der Waals surface area contributed by atoms with Crippen LogP contribution in [0.2, 0.25) is 0 Å². The highest BCUT2D eigenvalue weighted by Crippen LogP contribution is 2.28. The zero-order chi connectivity index (χ0) is 17.2. The van der Waals surface area contributed by atoms with Gasteiger partial charge in [-0.15, -0.1) is 0 Å². The third-order valence-electron chi connectivity index (χ3n) is 3.59. The van der Waals surface area contributed by atoms with E-state index in [9.17, 15) is 9.59 Å². The zero-order valence-electron chi connectivity index (χ0n) is 13.5. The fraction of sp³-hybridized carbons (Fsp3) is 0.312. The number of methoxy groups -OCH3 is 1. The first kappa shape index (κ1) is 17.0. The average molecular weight is 333 g/mol. The van der Waals surface area contributed by atoms with E-state index in [1.54, 1.807) is 19.1 Å². The number of thiazole rings is 1. The lowest BCUT2D eigenvalue weighted by Crippen LogP contribution is -2.34. The highest BCUT2D eigenvalue weighted by Gasteiger charge is 2.31. The van der Waals surface area contributed by atoms with Gasteiger partial charge in [0.1, 0.15) is 4.88 Å². The number of nitrogen functional groups attached to an aromatic ring is 1. The molecule has 6 nitrogen and oxygen atoms in total. The van der Waals surface area contributed by atoms with Gasteiger partial charge in [-0.05, 0) is 38.5 Å². The number of aromatic nitrogens is 1. The molecule has 7 heteroatoms. The molecule has 122 valence electrons. The molecule has 0 fully saturated rings. The van der Waals surface area contributed by atoms with E-state index in [0.717, 1.165) is 16.9 Å². The van der Waals surface area contributed by atoms with Crippen LogP contribution < -0.4 is 11.1 Å². The van der Waals surface area contributed by atoms with Gasteiger partial charge in [0.05, 0.1) is 18.2 Å². The largest absolute Gasteiger partial charge is 0.465 e. The fourth-order valence-corrected chi connectivity index (χ4v) is 2.90. The summed E-state index contributed by atoms with van der Waals surface area (Å²) in [6.07, 6.45) is 0. The number of carbonyl (C=O) groups excluding carboxylic acids is 2. The summed E-state index contributed by atoms with van der Waals surface area (Å²) in [4.78, 5) is 28.8. The van der Waals surface area contributed by atoms with Gasteiger partial charge >= 0.3 is 5.97 Å². The topological polar surface area (TPSA) is 94.3 Å². The van der Waals surface area contributed by atoms with Crippen LogP contribution in [0.5, 0.6) is 0 Å². The lowest BCUT2D eigenvalue weighted by Gasteiger charge is -2.23. The van der Waals surface area contributed by atoms with Crippen LogP contribution in [0.1, 0.15) is 34.8 Å². The fourth-order valence-electron chi connectivity index (χ4n) is 2.02. The van der Waals surface area contributed by atoms with E-state index in [1.165, 1.54) is 7.11 Å². The number of nitrogens with zero attached hydrogens (tertiary/aromatic N) is 1. The van der Waals surface area contributed by atoms with Gasteiger partial charge in [0.15, 0.2) is 5.13 Å². The molecule has 0 aliphatic carbocycles. The first-order valence-corrected chi connectivity index (χ1v) is 7.80. The summed E-state index contributed by atoms with van der Waals surface area (Å²) >= 11 is 1.10. The molecule has 0 spiro atoms. The van der Waals surface area contributed by atoms with Crippen molar-refractivity contribution in [1.29, 1.82) is 0 Å². The molecular weight excluding hydrogens is 314 g/mol. The van der Waals surface area contributed by atoms with Gasteiger partial charge in [0.2, 0.25) is 5.91 Å². The van der Waals surface area contributed by atoms with Crippen molar-refractivity contribution < 1.29 is 14.3 Å². The number of benzene rings is 1. The molecule has 2 rings (SSSR count). The Bertz CT molecular complexity index is 736. The Balaban J connectivity index is 2.21. The zero-order valence-corrected chi connectivity index (χ0v) is 14.3. The maximum Gasteiger partial charge on any atom is 0.350 e. The van der Waals surface area contributed by atoms with E-state index >= 15 is 0 Å². The molecule has 1 aromatic carbocycles. The second-order valence-corrected chi connectivity index (χ2v) is 6.63. The van der Waals surface area contributed by atoms with Crippen molar-refractivity contribution in [3.63, 3.8) is 0 Å². The average Bonchev–Trinajstić information content (AvgIpc) is 2.87. The monoisotopic (exact) mass is 333 g/mol. The van der Waals surface area contributed by atoms with Crippen molar-refractivity contribution >= 4 is 34.0 Å². The first-order chi connectivity index (χ1) is 10.8. The molecule has 0 aliphatic rings. The summed E-state index contributed by atoms with van der Waals surface area (Å²) in [7, 11) is 1.31. The standard InChI is InChI=1S/C16H19N3O3S/c1-9-12(13(20)22-4)23-15(18-9)19-14(21)16(2,3)10-5-7-11(17)8-6-10/h5-8H,17H2,1-4H3,(H,18,19,21). The molecule has 0 bridgehead atoms. The minimum Gasteiger partial charge on any atom is -0.465 e. The van der Waals surface area contributed by atoms with E-state index in [2.05, 4.69) is 10.3 Å². The Morgan fingerprint density at radius 1 is 1.26 bits per heavy atom. The Morgan fingerprint density at radius 3 is 2.43 bits per heavy atom. The van der Waals surface area contributed by atoms with Crippen LogP contribution >= 0.6 is 11.3 Å². The van der Waals surface area contributed by atoms with Gasteiger partial charge in [-0.3, -0.25) is 4.79 Å². The Kier molecular flexibility index (Phi) is 4.70. The van der Waals surface area contributed by atoms with E-state index in [4.69, 9.17) is 10.5 Å². The predicted molar refractivity (Wildman–Crippen MR) is 90.7 cm³/mol. The van der Waals surface area contributed by atoms with Gasteiger partial charge in [-0.1, -0.05) is 23.5 Å². The van der Waals surface area contributed by atoms with Gasteiger partial charge in [-0.2, -0.15) is 0 Å². The normalized spacial score (nSPS) is 11.1. The molecule has 0 unspecified atom stereocenters. The number of aryl methyl sites for hydroxylation is 1. The molecule has 0 saturated carbocycles. The van der Waals surface area contributed by atoms with Crippen LogP contribution in [0.15, 0.2) is 24.3 Å². The van der Waals surface area contributed by atoms with Crippen LogP contribution in [0.4, 0.5) is 10.8 Å². The van der Waals surface area contributed by atoms with Gasteiger partial charge < -0.3 is 15.8 Å². The third-order valence-corrected chi connectivity index (χ3v) is 4.64. The van der Waals surface area contributed by atoms with Crippen molar-refractivity contribution in [3.8, 4) is 0 Å². The molecule has 0 saturated heterocycles. The SMILES string of the molecule is COC(=O)c1sc(NC(=O)C(C)(C)c2ccc(N)cc2)nc1C. The molecule has 0 atom stereocenters. The number of amides is 1. The highest BCUT2D eigenvalue weighted by molar-refractivity contribution is 7.17. The Labute approximate surface area is 138 Å².